The van der Waals surface area contributed by atoms with Gasteiger partial charge in [0.15, 0.2) is 0 Å². The van der Waals surface area contributed by atoms with E-state index in [1.165, 1.54) is 13.4 Å². The smallest absolute Gasteiger partial charge is 0.204 e. The van der Waals surface area contributed by atoms with Crippen molar-refractivity contribution in [1.82, 2.24) is 0 Å². The molecule has 0 radical (unpaired) electrons. The summed E-state index contributed by atoms with van der Waals surface area (Å²) in [7, 11) is 4.69. The van der Waals surface area contributed by atoms with E-state index < -0.39 is 0 Å². The lowest BCUT2D eigenvalue weighted by Crippen LogP contribution is -2.08. The highest BCUT2D eigenvalue weighted by atomic mass is 16.5. The minimum atomic E-state index is -0.149. The second-order valence-electron chi connectivity index (χ2n) is 5.32. The van der Waals surface area contributed by atoms with Crippen molar-refractivity contribution >= 4 is 11.0 Å². The molecule has 0 aliphatic heterocycles. The minimum absolute atomic E-state index is 0.149. The normalized spacial score (nSPS) is 10.7. The molecule has 0 amide bonds. The second-order valence-corrected chi connectivity index (χ2v) is 5.32. The SMILES string of the molecule is COc1ccc(-c2coc3cc(OC)c(C)c(OC)c3c2=O)cc1. The Balaban J connectivity index is 2.29. The molecule has 5 heteroatoms. The van der Waals surface area contributed by atoms with Gasteiger partial charge in [-0.2, -0.15) is 0 Å². The van der Waals surface area contributed by atoms with E-state index >= 15 is 0 Å². The number of methoxy groups -OCH3 is 3. The van der Waals surface area contributed by atoms with Gasteiger partial charge in [0.05, 0.1) is 26.9 Å². The van der Waals surface area contributed by atoms with E-state index in [-0.39, 0.29) is 5.43 Å². The molecule has 0 bridgehead atoms. The van der Waals surface area contributed by atoms with Crippen molar-refractivity contribution in [3.05, 3.63) is 52.4 Å². The van der Waals surface area contributed by atoms with Crippen LogP contribution in [-0.2, 0) is 0 Å². The standard InChI is InChI=1S/C19H18O5/c1-11-15(22-3)9-16-17(19(11)23-4)18(20)14(10-24-16)12-5-7-13(21-2)8-6-12/h5-10H,1-4H3. The molecule has 0 saturated heterocycles. The van der Waals surface area contributed by atoms with Crippen molar-refractivity contribution in [2.75, 3.05) is 21.3 Å². The summed E-state index contributed by atoms with van der Waals surface area (Å²) < 4.78 is 21.6. The maximum absolute atomic E-state index is 13.0. The van der Waals surface area contributed by atoms with E-state index in [1.807, 2.05) is 19.1 Å². The van der Waals surface area contributed by atoms with Gasteiger partial charge in [-0.15, -0.1) is 0 Å². The Labute approximate surface area is 139 Å². The summed E-state index contributed by atoms with van der Waals surface area (Å²) in [4.78, 5) is 13.0. The average molecular weight is 326 g/mol. The van der Waals surface area contributed by atoms with Gasteiger partial charge in [0, 0.05) is 11.6 Å². The van der Waals surface area contributed by atoms with Crippen LogP contribution in [0.2, 0.25) is 0 Å². The van der Waals surface area contributed by atoms with Crippen LogP contribution in [0, 0.1) is 6.92 Å². The van der Waals surface area contributed by atoms with Crippen molar-refractivity contribution in [2.24, 2.45) is 0 Å². The monoisotopic (exact) mass is 326 g/mol. The zero-order valence-electron chi connectivity index (χ0n) is 14.0. The molecule has 3 aromatic rings. The highest BCUT2D eigenvalue weighted by molar-refractivity contribution is 5.90. The van der Waals surface area contributed by atoms with Gasteiger partial charge in [-0.1, -0.05) is 12.1 Å². The van der Waals surface area contributed by atoms with Crippen LogP contribution in [0.3, 0.4) is 0 Å². The van der Waals surface area contributed by atoms with Crippen LogP contribution in [0.15, 0.2) is 45.8 Å². The minimum Gasteiger partial charge on any atom is -0.497 e. The first-order valence-corrected chi connectivity index (χ1v) is 7.42. The van der Waals surface area contributed by atoms with Crippen molar-refractivity contribution in [1.29, 1.82) is 0 Å². The molecule has 0 spiro atoms. The van der Waals surface area contributed by atoms with Crippen LogP contribution in [-0.4, -0.2) is 21.3 Å². The third kappa shape index (κ3) is 2.48. The Kier molecular flexibility index (Phi) is 4.16. The Morgan fingerprint density at radius 1 is 0.958 bits per heavy atom. The summed E-state index contributed by atoms with van der Waals surface area (Å²) >= 11 is 0. The summed E-state index contributed by atoms with van der Waals surface area (Å²) in [5, 5.41) is 0.407. The first-order chi connectivity index (χ1) is 11.6. The summed E-state index contributed by atoms with van der Waals surface area (Å²) in [5.74, 6) is 1.80. The average Bonchev–Trinajstić information content (AvgIpc) is 2.62. The van der Waals surface area contributed by atoms with E-state index in [1.54, 1.807) is 32.4 Å². The van der Waals surface area contributed by atoms with Gasteiger partial charge in [-0.25, -0.2) is 0 Å². The molecule has 124 valence electrons. The predicted octanol–water partition coefficient (Wildman–Crippen LogP) is 3.79. The third-order valence-electron chi connectivity index (χ3n) is 4.05. The molecule has 2 aromatic carbocycles. The first kappa shape index (κ1) is 15.9. The fourth-order valence-corrected chi connectivity index (χ4v) is 2.77. The van der Waals surface area contributed by atoms with E-state index in [2.05, 4.69) is 0 Å². The molecule has 0 saturated carbocycles. The van der Waals surface area contributed by atoms with Crippen molar-refractivity contribution in [2.45, 2.75) is 6.92 Å². The molecule has 0 unspecified atom stereocenters. The van der Waals surface area contributed by atoms with Crippen molar-refractivity contribution < 1.29 is 18.6 Å². The van der Waals surface area contributed by atoms with Gasteiger partial charge < -0.3 is 18.6 Å². The lowest BCUT2D eigenvalue weighted by atomic mass is 10.0. The lowest BCUT2D eigenvalue weighted by Gasteiger charge is -2.13. The van der Waals surface area contributed by atoms with E-state index in [0.717, 1.165) is 16.9 Å². The van der Waals surface area contributed by atoms with Crippen LogP contribution in [0.5, 0.6) is 17.2 Å². The number of rotatable bonds is 4. The van der Waals surface area contributed by atoms with E-state index in [0.29, 0.717) is 28.0 Å². The Bertz CT molecular complexity index is 939. The van der Waals surface area contributed by atoms with Gasteiger partial charge in [0.2, 0.25) is 5.43 Å². The van der Waals surface area contributed by atoms with E-state index in [9.17, 15) is 4.79 Å². The lowest BCUT2D eigenvalue weighted by molar-refractivity contribution is 0.390. The van der Waals surface area contributed by atoms with Gasteiger partial charge in [-0.05, 0) is 24.6 Å². The topological polar surface area (TPSA) is 57.9 Å². The van der Waals surface area contributed by atoms with Crippen molar-refractivity contribution in [3.63, 3.8) is 0 Å². The third-order valence-corrected chi connectivity index (χ3v) is 4.05. The quantitative estimate of drug-likeness (QED) is 0.730. The number of ether oxygens (including phenoxy) is 3. The summed E-state index contributed by atoms with van der Waals surface area (Å²) in [6.07, 6.45) is 1.46. The largest absolute Gasteiger partial charge is 0.497 e. The Hall–Kier alpha value is -2.95. The fourth-order valence-electron chi connectivity index (χ4n) is 2.77. The number of hydrogen-bond donors (Lipinski definition) is 0. The molecule has 0 fully saturated rings. The molecule has 1 heterocycles. The Morgan fingerprint density at radius 2 is 1.67 bits per heavy atom. The molecule has 1 aromatic heterocycles. The van der Waals surface area contributed by atoms with Gasteiger partial charge in [0.25, 0.3) is 0 Å². The molecule has 0 atom stereocenters. The van der Waals surface area contributed by atoms with Crippen LogP contribution >= 0.6 is 0 Å². The van der Waals surface area contributed by atoms with Crippen LogP contribution in [0.1, 0.15) is 5.56 Å². The number of hydrogen-bond acceptors (Lipinski definition) is 5. The number of benzene rings is 2. The van der Waals surface area contributed by atoms with Gasteiger partial charge in [0.1, 0.15) is 34.5 Å². The number of fused-ring (bicyclic) bond motifs is 1. The van der Waals surface area contributed by atoms with Crippen LogP contribution in [0.4, 0.5) is 0 Å². The zero-order chi connectivity index (χ0) is 17.3. The molecular formula is C19H18O5. The summed E-state index contributed by atoms with van der Waals surface area (Å²) in [5.41, 5.74) is 2.25. The highest BCUT2D eigenvalue weighted by Gasteiger charge is 2.18. The van der Waals surface area contributed by atoms with Crippen LogP contribution < -0.4 is 19.6 Å². The summed E-state index contributed by atoms with van der Waals surface area (Å²) in [6.45, 7) is 1.84. The summed E-state index contributed by atoms with van der Waals surface area (Å²) in [6, 6.07) is 8.94. The van der Waals surface area contributed by atoms with E-state index in [4.69, 9.17) is 18.6 Å². The maximum atomic E-state index is 13.0. The van der Waals surface area contributed by atoms with Crippen molar-refractivity contribution in [3.8, 4) is 28.4 Å². The van der Waals surface area contributed by atoms with Gasteiger partial charge >= 0.3 is 0 Å². The molecule has 24 heavy (non-hydrogen) atoms. The zero-order valence-corrected chi connectivity index (χ0v) is 14.0. The van der Waals surface area contributed by atoms with Crippen LogP contribution in [0.25, 0.3) is 22.1 Å². The molecular weight excluding hydrogens is 308 g/mol. The molecule has 0 aliphatic rings. The van der Waals surface area contributed by atoms with Gasteiger partial charge in [-0.3, -0.25) is 4.79 Å². The predicted molar refractivity (Wildman–Crippen MR) is 92.3 cm³/mol. The second kappa shape index (κ2) is 6.28. The fraction of sp³-hybridized carbons (Fsp3) is 0.211. The Morgan fingerprint density at radius 3 is 2.25 bits per heavy atom. The highest BCUT2D eigenvalue weighted by Crippen LogP contribution is 2.35. The molecule has 0 aliphatic carbocycles. The maximum Gasteiger partial charge on any atom is 0.204 e. The molecule has 5 nitrogen and oxygen atoms in total. The first-order valence-electron chi connectivity index (χ1n) is 7.42. The molecule has 0 N–H and O–H groups in total. The molecule has 3 rings (SSSR count).